The van der Waals surface area contributed by atoms with Gasteiger partial charge in [0.2, 0.25) is 0 Å². The van der Waals surface area contributed by atoms with E-state index in [1.807, 2.05) is 30.3 Å². The van der Waals surface area contributed by atoms with Gasteiger partial charge in [0.1, 0.15) is 5.69 Å². The van der Waals surface area contributed by atoms with Crippen LogP contribution in [0.15, 0.2) is 58.7 Å². The molecule has 0 radical (unpaired) electrons. The van der Waals surface area contributed by atoms with Gasteiger partial charge in [-0.1, -0.05) is 29.8 Å². The minimum atomic E-state index is -0.502. The van der Waals surface area contributed by atoms with Crippen molar-refractivity contribution in [3.63, 3.8) is 0 Å². The number of hydrogen-bond donors (Lipinski definition) is 1. The molecule has 0 unspecified atom stereocenters. The summed E-state index contributed by atoms with van der Waals surface area (Å²) in [5.74, 6) is 0. The lowest BCUT2D eigenvalue weighted by molar-refractivity contribution is -0.384. The standard InChI is InChI=1S/C15H14ClN5O2/c1-20(14-8-7-12(16)11-15(14)21(22)23)18-10-9-17-19-13-5-3-2-4-6-13/h2-11,19H,1H3. The molecule has 2 aromatic rings. The number of hydrogen-bond acceptors (Lipinski definition) is 6. The number of benzene rings is 2. The molecule has 0 saturated carbocycles. The summed E-state index contributed by atoms with van der Waals surface area (Å²) in [5, 5.41) is 20.8. The Morgan fingerprint density at radius 1 is 1.22 bits per heavy atom. The Balaban J connectivity index is 2.01. The van der Waals surface area contributed by atoms with Crippen molar-refractivity contribution in [1.82, 2.24) is 0 Å². The molecule has 2 aromatic carbocycles. The van der Waals surface area contributed by atoms with E-state index < -0.39 is 4.92 Å². The van der Waals surface area contributed by atoms with Gasteiger partial charge in [0.05, 0.1) is 23.0 Å². The maximum absolute atomic E-state index is 11.0. The van der Waals surface area contributed by atoms with Gasteiger partial charge in [-0.25, -0.2) is 0 Å². The van der Waals surface area contributed by atoms with E-state index in [1.54, 1.807) is 13.1 Å². The molecule has 0 aliphatic carbocycles. The first kappa shape index (κ1) is 16.4. The molecule has 118 valence electrons. The van der Waals surface area contributed by atoms with Gasteiger partial charge in [0.25, 0.3) is 5.69 Å². The second-order valence-electron chi connectivity index (χ2n) is 4.43. The lowest BCUT2D eigenvalue weighted by Gasteiger charge is -2.12. The molecule has 0 fully saturated rings. The minimum absolute atomic E-state index is 0.114. The van der Waals surface area contributed by atoms with E-state index in [1.165, 1.54) is 29.6 Å². The van der Waals surface area contributed by atoms with Crippen LogP contribution in [0.25, 0.3) is 0 Å². The molecule has 0 spiro atoms. The Labute approximate surface area is 138 Å². The average Bonchev–Trinajstić information content (AvgIpc) is 2.55. The molecular formula is C15H14ClN5O2. The number of rotatable bonds is 6. The Morgan fingerprint density at radius 2 is 1.96 bits per heavy atom. The summed E-state index contributed by atoms with van der Waals surface area (Å²) in [6, 6.07) is 13.8. The summed E-state index contributed by atoms with van der Waals surface area (Å²) < 4.78 is 0. The van der Waals surface area contributed by atoms with Crippen molar-refractivity contribution < 1.29 is 4.92 Å². The van der Waals surface area contributed by atoms with Crippen LogP contribution in [0.5, 0.6) is 0 Å². The predicted molar refractivity (Wildman–Crippen MR) is 93.6 cm³/mol. The van der Waals surface area contributed by atoms with Crippen molar-refractivity contribution >= 4 is 41.1 Å². The first-order valence-electron chi connectivity index (χ1n) is 6.62. The summed E-state index contributed by atoms with van der Waals surface area (Å²) in [7, 11) is 1.60. The number of nitro benzene ring substituents is 1. The first-order chi connectivity index (χ1) is 11.1. The summed E-state index contributed by atoms with van der Waals surface area (Å²) in [4.78, 5) is 10.5. The maximum Gasteiger partial charge on any atom is 0.295 e. The monoisotopic (exact) mass is 331 g/mol. The molecule has 23 heavy (non-hydrogen) atoms. The van der Waals surface area contributed by atoms with Crippen LogP contribution >= 0.6 is 11.6 Å². The SMILES string of the molecule is CN(N=CC=NNc1ccccc1)c1ccc(Cl)cc1[N+](=O)[O-]. The number of anilines is 2. The van der Waals surface area contributed by atoms with Gasteiger partial charge in [-0.05, 0) is 24.3 Å². The molecule has 0 amide bonds. The van der Waals surface area contributed by atoms with Crippen molar-refractivity contribution in [2.75, 3.05) is 17.5 Å². The maximum atomic E-state index is 11.0. The van der Waals surface area contributed by atoms with Crippen LogP contribution in [0.1, 0.15) is 0 Å². The lowest BCUT2D eigenvalue weighted by atomic mass is 10.2. The van der Waals surface area contributed by atoms with Gasteiger partial charge >= 0.3 is 0 Å². The highest BCUT2D eigenvalue weighted by molar-refractivity contribution is 6.30. The number of nitro groups is 1. The largest absolute Gasteiger partial charge is 0.295 e. The normalized spacial score (nSPS) is 11.0. The fourth-order valence-corrected chi connectivity index (χ4v) is 1.93. The molecule has 0 aromatic heterocycles. The highest BCUT2D eigenvalue weighted by Crippen LogP contribution is 2.30. The first-order valence-corrected chi connectivity index (χ1v) is 7.00. The second-order valence-corrected chi connectivity index (χ2v) is 4.87. The Bertz CT molecular complexity index is 734. The fraction of sp³-hybridized carbons (Fsp3) is 0.0667. The van der Waals surface area contributed by atoms with Crippen LogP contribution in [0.2, 0.25) is 5.02 Å². The highest BCUT2D eigenvalue weighted by atomic mass is 35.5. The van der Waals surface area contributed by atoms with Crippen LogP contribution < -0.4 is 10.4 Å². The number of nitrogens with zero attached hydrogens (tertiary/aromatic N) is 4. The zero-order valence-electron chi connectivity index (χ0n) is 12.3. The average molecular weight is 332 g/mol. The van der Waals surface area contributed by atoms with E-state index in [0.717, 1.165) is 5.69 Å². The van der Waals surface area contributed by atoms with Crippen LogP contribution in [-0.2, 0) is 0 Å². The Hall–Kier alpha value is -2.93. The third-order valence-electron chi connectivity index (χ3n) is 2.83. The number of para-hydroxylation sites is 1. The van der Waals surface area contributed by atoms with Crippen molar-refractivity contribution in [3.05, 3.63) is 63.7 Å². The van der Waals surface area contributed by atoms with Crippen LogP contribution in [0, 0.1) is 10.1 Å². The molecule has 8 heteroatoms. The molecule has 2 rings (SSSR count). The molecular weight excluding hydrogens is 318 g/mol. The lowest BCUT2D eigenvalue weighted by Crippen LogP contribution is -2.11. The van der Waals surface area contributed by atoms with E-state index in [9.17, 15) is 10.1 Å². The molecule has 0 heterocycles. The van der Waals surface area contributed by atoms with E-state index in [2.05, 4.69) is 15.6 Å². The van der Waals surface area contributed by atoms with E-state index >= 15 is 0 Å². The van der Waals surface area contributed by atoms with Gasteiger partial charge in [-0.15, -0.1) is 0 Å². The molecule has 0 saturated heterocycles. The van der Waals surface area contributed by atoms with Gasteiger partial charge < -0.3 is 0 Å². The molecule has 0 aliphatic rings. The third-order valence-corrected chi connectivity index (χ3v) is 3.07. The smallest absolute Gasteiger partial charge is 0.278 e. The molecule has 7 nitrogen and oxygen atoms in total. The number of nitrogens with one attached hydrogen (secondary N) is 1. The van der Waals surface area contributed by atoms with Crippen LogP contribution in [-0.4, -0.2) is 24.4 Å². The summed E-state index contributed by atoms with van der Waals surface area (Å²) in [6.45, 7) is 0. The van der Waals surface area contributed by atoms with Crippen LogP contribution in [0.4, 0.5) is 17.1 Å². The summed E-state index contributed by atoms with van der Waals surface area (Å²) >= 11 is 5.78. The zero-order valence-corrected chi connectivity index (χ0v) is 13.0. The third kappa shape index (κ3) is 4.79. The Morgan fingerprint density at radius 3 is 2.65 bits per heavy atom. The zero-order chi connectivity index (χ0) is 16.7. The summed E-state index contributed by atoms with van der Waals surface area (Å²) in [5.41, 5.74) is 3.89. The van der Waals surface area contributed by atoms with Gasteiger partial charge in [0.15, 0.2) is 0 Å². The highest BCUT2D eigenvalue weighted by Gasteiger charge is 2.16. The van der Waals surface area contributed by atoms with Gasteiger partial charge in [0, 0.05) is 18.1 Å². The second kappa shape index (κ2) is 7.90. The van der Waals surface area contributed by atoms with Gasteiger partial charge in [-0.2, -0.15) is 10.2 Å². The van der Waals surface area contributed by atoms with Crippen molar-refractivity contribution in [2.45, 2.75) is 0 Å². The quantitative estimate of drug-likeness (QED) is 0.496. The van der Waals surface area contributed by atoms with E-state index in [0.29, 0.717) is 10.7 Å². The van der Waals surface area contributed by atoms with Crippen LogP contribution in [0.3, 0.4) is 0 Å². The molecule has 0 aliphatic heterocycles. The minimum Gasteiger partial charge on any atom is -0.278 e. The topological polar surface area (TPSA) is 83.1 Å². The van der Waals surface area contributed by atoms with Crippen molar-refractivity contribution in [2.24, 2.45) is 10.2 Å². The van der Waals surface area contributed by atoms with Crippen molar-refractivity contribution in [1.29, 1.82) is 0 Å². The van der Waals surface area contributed by atoms with E-state index in [-0.39, 0.29) is 5.69 Å². The molecule has 0 atom stereocenters. The Kier molecular flexibility index (Phi) is 5.65. The number of hydrazone groups is 2. The summed E-state index contributed by atoms with van der Waals surface area (Å²) in [6.07, 6.45) is 2.87. The fourth-order valence-electron chi connectivity index (χ4n) is 1.77. The predicted octanol–water partition coefficient (Wildman–Crippen LogP) is 3.77. The van der Waals surface area contributed by atoms with E-state index in [4.69, 9.17) is 11.6 Å². The van der Waals surface area contributed by atoms with Crippen molar-refractivity contribution in [3.8, 4) is 0 Å². The number of halogens is 1. The van der Waals surface area contributed by atoms with Gasteiger partial charge in [-0.3, -0.25) is 20.5 Å². The molecule has 0 bridgehead atoms. The molecule has 1 N–H and O–H groups in total.